The molecule has 22 heteroatoms. The Bertz CT molecular complexity index is 1680. The summed E-state index contributed by atoms with van der Waals surface area (Å²) in [4.78, 5) is 15.9. The number of hydrogen-bond acceptors (Lipinski definition) is 12. The predicted octanol–water partition coefficient (Wildman–Crippen LogP) is 3.43. The average molecular weight is 1200 g/mol. The molecule has 386 valence electrons. The SMILES string of the molecule is C.C.C.CC.CC.CC.CN.CN1CCN(P)CC1.CN1CCNCC1.Cl.ClCCNCCCl.Ic1[nH]nc2ccccc12.O=CO[O-].[H-].[K+].[K+].c1ccc2[nH]ncc2c1.c1ccc2[nH]ncc2c1. The Hall–Kier alpha value is 0.563. The van der Waals surface area contributed by atoms with Gasteiger partial charge in [-0.2, -0.15) is 15.3 Å². The normalized spacial score (nSPS) is 11.6. The third-order valence-electron chi connectivity index (χ3n) is 7.57. The number of aromatic nitrogens is 6. The van der Waals surface area contributed by atoms with Crippen LogP contribution in [0.15, 0.2) is 85.2 Å². The van der Waals surface area contributed by atoms with Crippen molar-refractivity contribution in [3.63, 3.8) is 0 Å². The number of rotatable bonds is 5. The number of alkyl halides is 2. The van der Waals surface area contributed by atoms with Gasteiger partial charge in [-0.25, -0.2) is 0 Å². The summed E-state index contributed by atoms with van der Waals surface area (Å²) in [5.74, 6) is 1.33. The molecule has 0 amide bonds. The number of para-hydroxylation sites is 3. The smallest absolute Gasteiger partial charge is 1.00 e. The largest absolute Gasteiger partial charge is 1.00 e. The first kappa shape index (κ1) is 88.2. The Labute approximate surface area is 530 Å². The molecule has 6 aromatic rings. The van der Waals surface area contributed by atoms with E-state index in [-0.39, 0.29) is 145 Å². The first-order chi connectivity index (χ1) is 30.3. The molecule has 0 saturated carbocycles. The molecule has 0 bridgehead atoms. The molecule has 5 heterocycles. The Kier molecular flexibility index (Phi) is 87.6. The molecule has 2 aliphatic heterocycles. The van der Waals surface area contributed by atoms with Crippen LogP contribution in [0.4, 0.5) is 0 Å². The van der Waals surface area contributed by atoms with E-state index >= 15 is 0 Å². The van der Waals surface area contributed by atoms with Crippen molar-refractivity contribution in [1.29, 1.82) is 0 Å². The quantitative estimate of drug-likeness (QED) is 0.0216. The monoisotopic (exact) mass is 1200 g/mol. The summed E-state index contributed by atoms with van der Waals surface area (Å²) in [6.07, 6.45) is 3.63. The van der Waals surface area contributed by atoms with Gasteiger partial charge in [-0.05, 0) is 61.9 Å². The molecule has 2 fully saturated rings. The Morgan fingerprint density at radius 1 is 0.735 bits per heavy atom. The zero-order valence-electron chi connectivity index (χ0n) is 41.8. The summed E-state index contributed by atoms with van der Waals surface area (Å²) >= 11 is 12.9. The van der Waals surface area contributed by atoms with Crippen molar-refractivity contribution in [2.45, 2.75) is 63.8 Å². The minimum absolute atomic E-state index is 0. The van der Waals surface area contributed by atoms with Crippen LogP contribution in [-0.2, 0) is 9.68 Å². The summed E-state index contributed by atoms with van der Waals surface area (Å²) < 4.78 is 3.38. The maximum Gasteiger partial charge on any atom is 1.00 e. The minimum atomic E-state index is -0.181. The van der Waals surface area contributed by atoms with Crippen LogP contribution in [-0.4, -0.2) is 150 Å². The van der Waals surface area contributed by atoms with Crippen LogP contribution in [0, 0.1) is 3.70 Å². The van der Waals surface area contributed by atoms with Crippen molar-refractivity contribution in [2.75, 3.05) is 98.4 Å². The average Bonchev–Trinajstić information content (AvgIpc) is 4.12. The van der Waals surface area contributed by atoms with Gasteiger partial charge in [-0.3, -0.25) is 24.8 Å². The van der Waals surface area contributed by atoms with Gasteiger partial charge in [-0.1, -0.05) is 128 Å². The second-order valence-electron chi connectivity index (χ2n) is 11.7. The maximum atomic E-state index is 8.64. The number of H-pyrrole nitrogens is 3. The van der Waals surface area contributed by atoms with E-state index in [0.29, 0.717) is 11.8 Å². The third-order valence-corrected chi connectivity index (χ3v) is 9.29. The molecule has 0 radical (unpaired) electrons. The molecule has 8 rings (SSSR count). The van der Waals surface area contributed by atoms with E-state index in [1.807, 2.05) is 121 Å². The van der Waals surface area contributed by atoms with E-state index in [1.165, 1.54) is 51.7 Å². The number of benzene rings is 3. The molecule has 1 unspecified atom stereocenters. The molecule has 0 spiro atoms. The number of likely N-dealkylation sites (N-methyl/N-ethyl adjacent to an activating group) is 2. The van der Waals surface area contributed by atoms with Crippen molar-refractivity contribution in [3.8, 4) is 0 Å². The molecule has 15 nitrogen and oxygen atoms in total. The molecular formula is C46H89Cl3IK2N12O3P. The molecule has 68 heavy (non-hydrogen) atoms. The van der Waals surface area contributed by atoms with Gasteiger partial charge in [0.05, 0.1) is 28.9 Å². The topological polar surface area (TPSA) is 195 Å². The molecule has 2 saturated heterocycles. The molecule has 2 aliphatic rings. The van der Waals surface area contributed by atoms with Gasteiger partial charge in [0.15, 0.2) is 0 Å². The van der Waals surface area contributed by atoms with Crippen molar-refractivity contribution >= 4 is 107 Å². The van der Waals surface area contributed by atoms with Gasteiger partial charge in [0.1, 0.15) is 3.70 Å². The number of fused-ring (bicyclic) bond motifs is 3. The number of nitrogens with two attached hydrogens (primary N) is 1. The fraction of sp³-hybridized carbons (Fsp3) is 0.522. The van der Waals surface area contributed by atoms with Crippen LogP contribution < -0.4 is 124 Å². The van der Waals surface area contributed by atoms with E-state index in [1.54, 1.807) is 0 Å². The van der Waals surface area contributed by atoms with Crippen LogP contribution in [0.1, 0.15) is 65.2 Å². The van der Waals surface area contributed by atoms with E-state index < -0.39 is 0 Å². The molecular weight excluding hydrogens is 1110 g/mol. The Morgan fingerprint density at radius 3 is 1.46 bits per heavy atom. The molecule has 0 aliphatic carbocycles. The second-order valence-corrected chi connectivity index (χ2v) is 14.2. The van der Waals surface area contributed by atoms with Gasteiger partial charge >= 0.3 is 103 Å². The van der Waals surface area contributed by atoms with Crippen molar-refractivity contribution < 1.29 is 119 Å². The van der Waals surface area contributed by atoms with E-state index in [0.717, 1.165) is 57.2 Å². The third kappa shape index (κ3) is 47.6. The number of aromatic amines is 3. The maximum absolute atomic E-state index is 8.64. The zero-order valence-corrected chi connectivity index (χ0v) is 52.6. The molecule has 7 N–H and O–H groups in total. The van der Waals surface area contributed by atoms with Crippen LogP contribution in [0.25, 0.3) is 32.7 Å². The summed E-state index contributed by atoms with van der Waals surface area (Å²) in [6, 6.07) is 24.1. The van der Waals surface area contributed by atoms with Gasteiger partial charge in [0.25, 0.3) is 6.47 Å². The summed E-state index contributed by atoms with van der Waals surface area (Å²) in [5.41, 5.74) is 7.72. The number of nitrogens with one attached hydrogen (secondary N) is 5. The first-order valence-corrected chi connectivity index (χ1v) is 23.5. The summed E-state index contributed by atoms with van der Waals surface area (Å²) in [6.45, 7) is 23.1. The Morgan fingerprint density at radius 2 is 1.12 bits per heavy atom. The number of halogens is 4. The van der Waals surface area contributed by atoms with E-state index in [2.05, 4.69) is 118 Å². The van der Waals surface area contributed by atoms with Crippen LogP contribution >= 0.6 is 67.6 Å². The summed E-state index contributed by atoms with van der Waals surface area (Å²) in [7, 11) is 8.55. The van der Waals surface area contributed by atoms with Gasteiger partial charge in [-0.15, -0.1) is 35.6 Å². The second kappa shape index (κ2) is 67.6. The predicted molar refractivity (Wildman–Crippen MR) is 304 cm³/mol. The number of hydrogen-bond donors (Lipinski definition) is 6. The number of carbonyl (C=O) groups is 1. The fourth-order valence-corrected chi connectivity index (χ4v) is 5.62. The van der Waals surface area contributed by atoms with Crippen molar-refractivity contribution in [3.05, 3.63) is 88.9 Å². The van der Waals surface area contributed by atoms with Crippen LogP contribution in [0.5, 0.6) is 0 Å². The summed E-state index contributed by atoms with van der Waals surface area (Å²) in [5, 5.41) is 38.7. The molecule has 3 aromatic heterocycles. The van der Waals surface area contributed by atoms with E-state index in [4.69, 9.17) is 33.3 Å². The first-order valence-electron chi connectivity index (χ1n) is 20.9. The van der Waals surface area contributed by atoms with Gasteiger partial charge in [0.2, 0.25) is 0 Å². The molecule has 1 atom stereocenters. The number of nitrogens with zero attached hydrogens (tertiary/aromatic N) is 6. The molecule has 3 aromatic carbocycles. The van der Waals surface area contributed by atoms with Gasteiger partial charge in [0, 0.05) is 93.4 Å². The Balaban J connectivity index is -0.0000000713. The minimum Gasteiger partial charge on any atom is -1.00 e. The van der Waals surface area contributed by atoms with Crippen molar-refractivity contribution in [2.24, 2.45) is 5.73 Å². The standard InChI is InChI=1S/C7H5IN2.2C7H6N2.C5H13N2P.C5H12N2.C4H9Cl2N.3C2H6.CH5N.CH2O3.3CH4.ClH.2K.H/c8-7-5-3-1-2-4-6(5)9-10-7;2*1-2-4-7-6(3-1)5-8-9-7;1-6-2-4-7(8)5-3-6;1-7-4-2-6-3-5-7;5-1-3-7-4-2-6;4*1-2;2-1-4-3;;;;;;;/h1-4H,(H,9,10);2*1-5H,(H,8,9);2-5,8H2,1H3;6H,2-5H2,1H3;7H,1-4H2;3*1-2H3;2H2,1H3;1,3H;3*1H4;1H;;;/q;;;;;;;;;;;;;;;2*+1;-1/p-1. The zero-order chi connectivity index (χ0) is 47.2. The number of piperazine rings is 2. The van der Waals surface area contributed by atoms with Gasteiger partial charge < -0.3 is 37.7 Å². The number of carbonyl (C=O) groups excluding carboxylic acids is 1. The van der Waals surface area contributed by atoms with Crippen LogP contribution in [0.2, 0.25) is 0 Å². The van der Waals surface area contributed by atoms with Crippen LogP contribution in [0.3, 0.4) is 0 Å². The van der Waals surface area contributed by atoms with E-state index in [9.17, 15) is 0 Å². The fourth-order valence-electron chi connectivity index (χ4n) is 4.55. The van der Waals surface area contributed by atoms with Crippen molar-refractivity contribution in [1.82, 2.24) is 55.7 Å².